The van der Waals surface area contributed by atoms with Crippen molar-refractivity contribution in [3.05, 3.63) is 75.8 Å². The molecule has 0 radical (unpaired) electrons. The molecule has 25 heavy (non-hydrogen) atoms. The summed E-state index contributed by atoms with van der Waals surface area (Å²) in [5, 5.41) is 4.80. The van der Waals surface area contributed by atoms with Gasteiger partial charge in [-0.05, 0) is 47.9 Å². The number of anilines is 1. The number of benzene rings is 2. The third-order valence-corrected chi connectivity index (χ3v) is 5.26. The minimum Gasteiger partial charge on any atom is -0.390 e. The number of hydrogen-bond donors (Lipinski definition) is 2. The Morgan fingerprint density at radius 1 is 1.00 bits per heavy atom. The molecule has 2 aromatic carbocycles. The standard InChI is InChI=1S/C19H16Cl2N2OS/c20-14-5-1-12(2-6-14)9-10-23-19(24)16-11-17(25-18(16)22)13-3-7-15(21)8-4-13/h1-8,11H,9-10,22H2,(H,23,24). The summed E-state index contributed by atoms with van der Waals surface area (Å²) in [6.45, 7) is 0.534. The van der Waals surface area contributed by atoms with E-state index in [-0.39, 0.29) is 5.91 Å². The van der Waals surface area contributed by atoms with Crippen molar-refractivity contribution in [2.45, 2.75) is 6.42 Å². The molecule has 0 aliphatic heterocycles. The maximum atomic E-state index is 12.4. The fraction of sp³-hybridized carbons (Fsp3) is 0.105. The van der Waals surface area contributed by atoms with Gasteiger partial charge in [0.15, 0.2) is 0 Å². The molecule has 3 N–H and O–H groups in total. The molecule has 0 saturated carbocycles. The van der Waals surface area contributed by atoms with Gasteiger partial charge in [0.25, 0.3) is 5.91 Å². The lowest BCUT2D eigenvalue weighted by atomic mass is 10.1. The number of halogens is 2. The number of amides is 1. The Hall–Kier alpha value is -2.01. The van der Waals surface area contributed by atoms with E-state index in [1.807, 2.05) is 54.6 Å². The van der Waals surface area contributed by atoms with Crippen molar-refractivity contribution in [3.63, 3.8) is 0 Å². The molecular formula is C19H16Cl2N2OS. The number of rotatable bonds is 5. The summed E-state index contributed by atoms with van der Waals surface area (Å²) in [5.41, 5.74) is 8.63. The van der Waals surface area contributed by atoms with E-state index in [1.165, 1.54) is 11.3 Å². The summed E-state index contributed by atoms with van der Waals surface area (Å²) in [4.78, 5) is 13.3. The Bertz CT molecular complexity index is 873. The van der Waals surface area contributed by atoms with E-state index in [0.29, 0.717) is 27.2 Å². The third kappa shape index (κ3) is 4.54. The Morgan fingerprint density at radius 3 is 2.24 bits per heavy atom. The molecule has 0 bridgehead atoms. The van der Waals surface area contributed by atoms with Gasteiger partial charge in [-0.3, -0.25) is 4.79 Å². The van der Waals surface area contributed by atoms with Crippen LogP contribution >= 0.6 is 34.5 Å². The lowest BCUT2D eigenvalue weighted by Crippen LogP contribution is -2.25. The van der Waals surface area contributed by atoms with Crippen LogP contribution < -0.4 is 11.1 Å². The molecule has 0 spiro atoms. The van der Waals surface area contributed by atoms with Gasteiger partial charge in [-0.25, -0.2) is 0 Å². The van der Waals surface area contributed by atoms with Gasteiger partial charge in [0.1, 0.15) is 0 Å². The van der Waals surface area contributed by atoms with Crippen LogP contribution in [0.4, 0.5) is 5.00 Å². The highest BCUT2D eigenvalue weighted by Crippen LogP contribution is 2.33. The predicted molar refractivity (Wildman–Crippen MR) is 107 cm³/mol. The van der Waals surface area contributed by atoms with E-state index in [9.17, 15) is 4.79 Å². The zero-order chi connectivity index (χ0) is 17.8. The molecule has 3 aromatic rings. The van der Waals surface area contributed by atoms with Crippen LogP contribution in [0.15, 0.2) is 54.6 Å². The molecule has 0 unspecified atom stereocenters. The van der Waals surface area contributed by atoms with E-state index in [1.54, 1.807) is 0 Å². The van der Waals surface area contributed by atoms with E-state index >= 15 is 0 Å². The third-order valence-electron chi connectivity index (χ3n) is 3.75. The van der Waals surface area contributed by atoms with Crippen LogP contribution in [-0.2, 0) is 6.42 Å². The average Bonchev–Trinajstić information content (AvgIpc) is 2.99. The second kappa shape index (κ2) is 7.91. The van der Waals surface area contributed by atoms with Crippen LogP contribution in [0.1, 0.15) is 15.9 Å². The maximum absolute atomic E-state index is 12.4. The number of nitrogen functional groups attached to an aromatic ring is 1. The summed E-state index contributed by atoms with van der Waals surface area (Å²) in [7, 11) is 0. The first kappa shape index (κ1) is 17.8. The lowest BCUT2D eigenvalue weighted by Gasteiger charge is -2.05. The van der Waals surface area contributed by atoms with Gasteiger partial charge >= 0.3 is 0 Å². The summed E-state index contributed by atoms with van der Waals surface area (Å²) >= 11 is 13.2. The van der Waals surface area contributed by atoms with Gasteiger partial charge in [-0.2, -0.15) is 0 Å². The fourth-order valence-corrected chi connectivity index (χ4v) is 3.59. The first-order valence-corrected chi connectivity index (χ1v) is 9.28. The molecular weight excluding hydrogens is 375 g/mol. The molecule has 3 nitrogen and oxygen atoms in total. The van der Waals surface area contributed by atoms with Crippen LogP contribution in [0.3, 0.4) is 0 Å². The van der Waals surface area contributed by atoms with Crippen LogP contribution in [0, 0.1) is 0 Å². The van der Waals surface area contributed by atoms with Crippen molar-refractivity contribution in [1.29, 1.82) is 0 Å². The van der Waals surface area contributed by atoms with Gasteiger partial charge in [0.2, 0.25) is 0 Å². The van der Waals surface area contributed by atoms with Crippen molar-refractivity contribution >= 4 is 45.4 Å². The van der Waals surface area contributed by atoms with Crippen molar-refractivity contribution in [1.82, 2.24) is 5.32 Å². The number of thiophene rings is 1. The summed E-state index contributed by atoms with van der Waals surface area (Å²) in [6.07, 6.45) is 0.733. The second-order valence-corrected chi connectivity index (χ2v) is 7.48. The van der Waals surface area contributed by atoms with Gasteiger partial charge < -0.3 is 11.1 Å². The molecule has 0 atom stereocenters. The molecule has 0 aliphatic carbocycles. The molecule has 6 heteroatoms. The Balaban J connectivity index is 1.64. The lowest BCUT2D eigenvalue weighted by molar-refractivity contribution is 0.0955. The molecule has 1 aromatic heterocycles. The highest BCUT2D eigenvalue weighted by molar-refractivity contribution is 7.19. The van der Waals surface area contributed by atoms with Crippen molar-refractivity contribution < 1.29 is 4.79 Å². The molecule has 1 amide bonds. The van der Waals surface area contributed by atoms with Crippen LogP contribution in [0.5, 0.6) is 0 Å². The molecule has 128 valence electrons. The number of hydrogen-bond acceptors (Lipinski definition) is 3. The highest BCUT2D eigenvalue weighted by atomic mass is 35.5. The minimum atomic E-state index is -0.164. The maximum Gasteiger partial charge on any atom is 0.254 e. The molecule has 3 rings (SSSR count). The molecule has 0 aliphatic rings. The Labute approximate surface area is 160 Å². The van der Waals surface area contributed by atoms with E-state index < -0.39 is 0 Å². The van der Waals surface area contributed by atoms with Gasteiger partial charge in [0, 0.05) is 21.5 Å². The zero-order valence-corrected chi connectivity index (χ0v) is 15.6. The minimum absolute atomic E-state index is 0.164. The largest absolute Gasteiger partial charge is 0.390 e. The summed E-state index contributed by atoms with van der Waals surface area (Å²) < 4.78 is 0. The van der Waals surface area contributed by atoms with Crippen LogP contribution in [-0.4, -0.2) is 12.5 Å². The number of carbonyl (C=O) groups excluding carboxylic acids is 1. The number of nitrogens with one attached hydrogen (secondary N) is 1. The molecule has 0 saturated heterocycles. The SMILES string of the molecule is Nc1sc(-c2ccc(Cl)cc2)cc1C(=O)NCCc1ccc(Cl)cc1. The second-order valence-electron chi connectivity index (χ2n) is 5.53. The van der Waals surface area contributed by atoms with Gasteiger partial charge in [-0.15, -0.1) is 11.3 Å². The molecule has 0 fully saturated rings. The Kier molecular flexibility index (Phi) is 5.63. The smallest absolute Gasteiger partial charge is 0.254 e. The monoisotopic (exact) mass is 390 g/mol. The van der Waals surface area contributed by atoms with Gasteiger partial charge in [-0.1, -0.05) is 47.5 Å². The van der Waals surface area contributed by atoms with Crippen molar-refractivity contribution in [2.75, 3.05) is 12.3 Å². The van der Waals surface area contributed by atoms with Gasteiger partial charge in [0.05, 0.1) is 10.6 Å². The molecule has 1 heterocycles. The highest BCUT2D eigenvalue weighted by Gasteiger charge is 2.14. The van der Waals surface area contributed by atoms with E-state index in [0.717, 1.165) is 22.4 Å². The van der Waals surface area contributed by atoms with Crippen LogP contribution in [0.25, 0.3) is 10.4 Å². The topological polar surface area (TPSA) is 55.1 Å². The zero-order valence-electron chi connectivity index (χ0n) is 13.3. The number of carbonyl (C=O) groups is 1. The first-order valence-electron chi connectivity index (χ1n) is 7.71. The fourth-order valence-electron chi connectivity index (χ4n) is 2.41. The summed E-state index contributed by atoms with van der Waals surface area (Å²) in [5.74, 6) is -0.164. The van der Waals surface area contributed by atoms with Crippen molar-refractivity contribution in [3.8, 4) is 10.4 Å². The first-order chi connectivity index (χ1) is 12.0. The summed E-state index contributed by atoms with van der Waals surface area (Å²) in [6, 6.07) is 16.9. The van der Waals surface area contributed by atoms with Crippen molar-refractivity contribution in [2.24, 2.45) is 0 Å². The quantitative estimate of drug-likeness (QED) is 0.622. The van der Waals surface area contributed by atoms with Crippen LogP contribution in [0.2, 0.25) is 10.0 Å². The Morgan fingerprint density at radius 2 is 1.60 bits per heavy atom. The average molecular weight is 391 g/mol. The normalized spacial score (nSPS) is 10.6. The van der Waals surface area contributed by atoms with E-state index in [4.69, 9.17) is 28.9 Å². The predicted octanol–water partition coefficient (Wildman–Crippen LogP) is 5.28. The van der Waals surface area contributed by atoms with E-state index in [2.05, 4.69) is 5.32 Å². The number of nitrogens with two attached hydrogens (primary N) is 1.